The molecule has 2 aromatic carbocycles. The highest BCUT2D eigenvalue weighted by atomic mass is 16.2. The standard InChI is InChI=1S/C17H20N2O/c1-2-19(16-11-7-4-8-12-16)17(20)14-18-13-15-9-5-3-6-10-15/h3-12,18H,2,13-14H2,1H3. The molecule has 2 aromatic rings. The average molecular weight is 268 g/mol. The molecule has 0 unspecified atom stereocenters. The van der Waals surface area contributed by atoms with E-state index in [0.29, 0.717) is 19.6 Å². The molecule has 104 valence electrons. The summed E-state index contributed by atoms with van der Waals surface area (Å²) in [5.74, 6) is 0.0923. The molecule has 0 aliphatic heterocycles. The lowest BCUT2D eigenvalue weighted by Gasteiger charge is -2.21. The van der Waals surface area contributed by atoms with Crippen molar-refractivity contribution in [2.45, 2.75) is 13.5 Å². The van der Waals surface area contributed by atoms with Crippen molar-refractivity contribution in [2.75, 3.05) is 18.0 Å². The number of amides is 1. The summed E-state index contributed by atoms with van der Waals surface area (Å²) < 4.78 is 0. The summed E-state index contributed by atoms with van der Waals surface area (Å²) in [4.78, 5) is 14.0. The van der Waals surface area contributed by atoms with Crippen LogP contribution in [0.4, 0.5) is 5.69 Å². The zero-order valence-corrected chi connectivity index (χ0v) is 11.8. The van der Waals surface area contributed by atoms with Crippen molar-refractivity contribution in [1.82, 2.24) is 5.32 Å². The maximum atomic E-state index is 12.2. The molecule has 0 fully saturated rings. The van der Waals surface area contributed by atoms with Crippen molar-refractivity contribution in [3.8, 4) is 0 Å². The highest BCUT2D eigenvalue weighted by Gasteiger charge is 2.12. The Hall–Kier alpha value is -2.13. The molecule has 0 saturated carbocycles. The second kappa shape index (κ2) is 7.46. The van der Waals surface area contributed by atoms with Crippen molar-refractivity contribution in [3.63, 3.8) is 0 Å². The van der Waals surface area contributed by atoms with Gasteiger partial charge in [-0.15, -0.1) is 0 Å². The van der Waals surface area contributed by atoms with E-state index in [-0.39, 0.29) is 5.91 Å². The number of benzene rings is 2. The van der Waals surface area contributed by atoms with Crippen molar-refractivity contribution in [1.29, 1.82) is 0 Å². The highest BCUT2D eigenvalue weighted by Crippen LogP contribution is 2.12. The normalized spacial score (nSPS) is 10.2. The first-order valence-electron chi connectivity index (χ1n) is 6.91. The van der Waals surface area contributed by atoms with Crippen LogP contribution >= 0.6 is 0 Å². The van der Waals surface area contributed by atoms with Crippen LogP contribution in [0.25, 0.3) is 0 Å². The van der Waals surface area contributed by atoms with E-state index >= 15 is 0 Å². The van der Waals surface area contributed by atoms with E-state index in [0.717, 1.165) is 5.69 Å². The zero-order valence-electron chi connectivity index (χ0n) is 11.8. The van der Waals surface area contributed by atoms with Crippen molar-refractivity contribution >= 4 is 11.6 Å². The molecule has 20 heavy (non-hydrogen) atoms. The fourth-order valence-corrected chi connectivity index (χ4v) is 2.12. The molecule has 0 aliphatic rings. The molecule has 0 radical (unpaired) electrons. The maximum absolute atomic E-state index is 12.2. The van der Waals surface area contributed by atoms with E-state index in [1.54, 1.807) is 4.90 Å². The second-order valence-corrected chi connectivity index (χ2v) is 4.56. The predicted molar refractivity (Wildman–Crippen MR) is 82.6 cm³/mol. The van der Waals surface area contributed by atoms with E-state index in [9.17, 15) is 4.79 Å². The third kappa shape index (κ3) is 3.93. The molecule has 0 bridgehead atoms. The van der Waals surface area contributed by atoms with Gasteiger partial charge in [0.1, 0.15) is 0 Å². The van der Waals surface area contributed by atoms with Gasteiger partial charge < -0.3 is 10.2 Å². The van der Waals surface area contributed by atoms with E-state index in [1.165, 1.54) is 5.56 Å². The van der Waals surface area contributed by atoms with Gasteiger partial charge in [-0.2, -0.15) is 0 Å². The molecular formula is C17H20N2O. The Kier molecular flexibility index (Phi) is 5.33. The van der Waals surface area contributed by atoms with E-state index < -0.39 is 0 Å². The number of likely N-dealkylation sites (N-methyl/N-ethyl adjacent to an activating group) is 1. The highest BCUT2D eigenvalue weighted by molar-refractivity contribution is 5.94. The van der Waals surface area contributed by atoms with E-state index in [4.69, 9.17) is 0 Å². The number of nitrogens with zero attached hydrogens (tertiary/aromatic N) is 1. The number of rotatable bonds is 6. The fourth-order valence-electron chi connectivity index (χ4n) is 2.12. The Labute approximate surface area is 120 Å². The Morgan fingerprint density at radius 3 is 2.20 bits per heavy atom. The van der Waals surface area contributed by atoms with Crippen LogP contribution in [0.2, 0.25) is 0 Å². The van der Waals surface area contributed by atoms with Crippen molar-refractivity contribution in [3.05, 3.63) is 66.2 Å². The van der Waals surface area contributed by atoms with Crippen LogP contribution < -0.4 is 10.2 Å². The topological polar surface area (TPSA) is 32.3 Å². The fraction of sp³-hybridized carbons (Fsp3) is 0.235. The molecular weight excluding hydrogens is 248 g/mol. The van der Waals surface area contributed by atoms with Gasteiger partial charge in [-0.3, -0.25) is 4.79 Å². The minimum atomic E-state index is 0.0923. The minimum Gasteiger partial charge on any atom is -0.312 e. The van der Waals surface area contributed by atoms with Gasteiger partial charge in [0.25, 0.3) is 0 Å². The molecule has 0 heterocycles. The lowest BCUT2D eigenvalue weighted by molar-refractivity contribution is -0.117. The molecule has 0 aromatic heterocycles. The Morgan fingerprint density at radius 2 is 1.60 bits per heavy atom. The van der Waals surface area contributed by atoms with Crippen LogP contribution in [0.1, 0.15) is 12.5 Å². The predicted octanol–water partition coefficient (Wildman–Crippen LogP) is 2.83. The van der Waals surface area contributed by atoms with Crippen LogP contribution in [-0.2, 0) is 11.3 Å². The largest absolute Gasteiger partial charge is 0.312 e. The lowest BCUT2D eigenvalue weighted by atomic mass is 10.2. The SMILES string of the molecule is CCN(C(=O)CNCc1ccccc1)c1ccccc1. The molecule has 1 N–H and O–H groups in total. The summed E-state index contributed by atoms with van der Waals surface area (Å²) in [5.41, 5.74) is 2.13. The lowest BCUT2D eigenvalue weighted by Crippen LogP contribution is -2.38. The Morgan fingerprint density at radius 1 is 1.00 bits per heavy atom. The molecule has 3 heteroatoms. The monoisotopic (exact) mass is 268 g/mol. The quantitative estimate of drug-likeness (QED) is 0.873. The molecule has 2 rings (SSSR count). The van der Waals surface area contributed by atoms with Crippen molar-refractivity contribution in [2.24, 2.45) is 0 Å². The molecule has 3 nitrogen and oxygen atoms in total. The zero-order chi connectivity index (χ0) is 14.2. The Balaban J connectivity index is 1.87. The van der Waals surface area contributed by atoms with Crippen molar-refractivity contribution < 1.29 is 4.79 Å². The van der Waals surface area contributed by atoms with Crippen LogP contribution in [0, 0.1) is 0 Å². The van der Waals surface area contributed by atoms with Crippen LogP contribution in [0.5, 0.6) is 0 Å². The number of carbonyl (C=O) groups is 1. The maximum Gasteiger partial charge on any atom is 0.240 e. The average Bonchev–Trinajstić information content (AvgIpc) is 2.50. The third-order valence-corrected chi connectivity index (χ3v) is 3.13. The summed E-state index contributed by atoms with van der Waals surface area (Å²) in [6, 6.07) is 19.8. The minimum absolute atomic E-state index is 0.0923. The summed E-state index contributed by atoms with van der Waals surface area (Å²) in [7, 11) is 0. The number of para-hydroxylation sites is 1. The smallest absolute Gasteiger partial charge is 0.240 e. The molecule has 0 aliphatic carbocycles. The van der Waals surface area contributed by atoms with Gasteiger partial charge in [0.15, 0.2) is 0 Å². The van der Waals surface area contributed by atoms with Gasteiger partial charge in [-0.1, -0.05) is 48.5 Å². The third-order valence-electron chi connectivity index (χ3n) is 3.13. The second-order valence-electron chi connectivity index (χ2n) is 4.56. The van der Waals surface area contributed by atoms with Crippen LogP contribution in [0.15, 0.2) is 60.7 Å². The first kappa shape index (κ1) is 14.3. The van der Waals surface area contributed by atoms with Gasteiger partial charge in [0.05, 0.1) is 6.54 Å². The number of anilines is 1. The van der Waals surface area contributed by atoms with Gasteiger partial charge in [0.2, 0.25) is 5.91 Å². The van der Waals surface area contributed by atoms with Gasteiger partial charge in [-0.25, -0.2) is 0 Å². The first-order valence-corrected chi connectivity index (χ1v) is 6.91. The van der Waals surface area contributed by atoms with Gasteiger partial charge >= 0.3 is 0 Å². The number of nitrogens with one attached hydrogen (secondary N) is 1. The molecule has 0 spiro atoms. The summed E-state index contributed by atoms with van der Waals surface area (Å²) in [6.45, 7) is 3.72. The number of carbonyl (C=O) groups excluding carboxylic acids is 1. The number of hydrogen-bond donors (Lipinski definition) is 1. The molecule has 1 amide bonds. The van der Waals surface area contributed by atoms with Gasteiger partial charge in [0, 0.05) is 18.8 Å². The number of hydrogen-bond acceptors (Lipinski definition) is 2. The van der Waals surface area contributed by atoms with Crippen LogP contribution in [0.3, 0.4) is 0 Å². The van der Waals surface area contributed by atoms with E-state index in [1.807, 2.05) is 67.6 Å². The van der Waals surface area contributed by atoms with Crippen LogP contribution in [-0.4, -0.2) is 19.0 Å². The summed E-state index contributed by atoms with van der Waals surface area (Å²) in [5, 5.41) is 3.19. The van der Waals surface area contributed by atoms with E-state index in [2.05, 4.69) is 5.32 Å². The Bertz CT molecular complexity index is 525. The molecule has 0 saturated heterocycles. The summed E-state index contributed by atoms with van der Waals surface area (Å²) in [6.07, 6.45) is 0. The first-order chi connectivity index (χ1) is 9.81. The summed E-state index contributed by atoms with van der Waals surface area (Å²) >= 11 is 0. The van der Waals surface area contributed by atoms with Gasteiger partial charge in [-0.05, 0) is 24.6 Å². The molecule has 0 atom stereocenters.